The zero-order valence-electron chi connectivity index (χ0n) is 20.4. The number of carbonyl (C=O) groups excluding carboxylic acids is 5. The molecule has 0 aromatic carbocycles. The first-order valence-electron chi connectivity index (χ1n) is 11.7. The van der Waals surface area contributed by atoms with Crippen molar-refractivity contribution in [1.82, 2.24) is 20.9 Å². The number of ether oxygens (including phenoxy) is 1. The SMILES string of the molecule is CC(F)(F)CNC(=O)C(=O)N1C[C@H]2[C@@H]([C@H]1C(=O)N[C@@H](C[C@@H]1CCNC1=O)C(=O)COC(F)(F)F)C2(C)C. The molecule has 0 radical (unpaired) electrons. The molecule has 2 aliphatic heterocycles. The Labute approximate surface area is 209 Å². The van der Waals surface area contributed by atoms with Gasteiger partial charge in [-0.3, -0.25) is 28.7 Å². The van der Waals surface area contributed by atoms with Crippen LogP contribution in [0.25, 0.3) is 0 Å². The maximum atomic E-state index is 13.3. The lowest BCUT2D eigenvalue weighted by Gasteiger charge is -2.31. The lowest BCUT2D eigenvalue weighted by Crippen LogP contribution is -2.57. The molecule has 0 unspecified atom stereocenters. The number of hydrogen-bond acceptors (Lipinski definition) is 6. The summed E-state index contributed by atoms with van der Waals surface area (Å²) in [6, 6.07) is -2.80. The van der Waals surface area contributed by atoms with Gasteiger partial charge in [0, 0.05) is 25.9 Å². The van der Waals surface area contributed by atoms with Gasteiger partial charge in [-0.05, 0) is 30.1 Å². The van der Waals surface area contributed by atoms with Crippen molar-refractivity contribution in [2.45, 2.75) is 58.0 Å². The highest BCUT2D eigenvalue weighted by molar-refractivity contribution is 6.35. The third-order valence-electron chi connectivity index (χ3n) is 7.26. The summed E-state index contributed by atoms with van der Waals surface area (Å²) in [6.45, 7) is 1.97. The van der Waals surface area contributed by atoms with Gasteiger partial charge in [-0.2, -0.15) is 0 Å². The van der Waals surface area contributed by atoms with Gasteiger partial charge in [-0.1, -0.05) is 13.8 Å². The predicted octanol–water partition coefficient (Wildman–Crippen LogP) is 0.357. The summed E-state index contributed by atoms with van der Waals surface area (Å²) in [5.41, 5.74) is -0.421. The molecule has 3 fully saturated rings. The molecule has 1 saturated carbocycles. The molecular weight excluding hydrogens is 511 g/mol. The first-order chi connectivity index (χ1) is 16.9. The molecule has 15 heteroatoms. The van der Waals surface area contributed by atoms with Gasteiger partial charge in [-0.15, -0.1) is 13.2 Å². The van der Waals surface area contributed by atoms with E-state index in [9.17, 15) is 45.9 Å². The van der Waals surface area contributed by atoms with Crippen LogP contribution in [0.3, 0.4) is 0 Å². The summed E-state index contributed by atoms with van der Waals surface area (Å²) in [4.78, 5) is 63.8. The van der Waals surface area contributed by atoms with Crippen LogP contribution in [0.1, 0.15) is 33.6 Å². The van der Waals surface area contributed by atoms with Gasteiger partial charge in [0.25, 0.3) is 5.92 Å². The molecule has 2 heterocycles. The summed E-state index contributed by atoms with van der Waals surface area (Å²) in [6.07, 6.45) is -5.09. The fraction of sp³-hybridized carbons (Fsp3) is 0.773. The minimum Gasteiger partial charge on any atom is -0.356 e. The number of carbonyl (C=O) groups is 5. The van der Waals surface area contributed by atoms with Crippen LogP contribution in [0.4, 0.5) is 22.0 Å². The molecule has 2 saturated heterocycles. The molecule has 4 amide bonds. The molecule has 0 aromatic heterocycles. The van der Waals surface area contributed by atoms with E-state index >= 15 is 0 Å². The molecule has 3 rings (SSSR count). The van der Waals surface area contributed by atoms with Gasteiger partial charge < -0.3 is 20.9 Å². The van der Waals surface area contributed by atoms with Gasteiger partial charge in [0.2, 0.25) is 11.8 Å². The van der Waals surface area contributed by atoms with Gasteiger partial charge in [0.15, 0.2) is 5.78 Å². The number of nitrogens with zero attached hydrogens (tertiary/aromatic N) is 1. The van der Waals surface area contributed by atoms with E-state index in [-0.39, 0.29) is 18.9 Å². The van der Waals surface area contributed by atoms with E-state index in [1.807, 2.05) is 19.2 Å². The molecule has 0 aromatic rings. The number of nitrogens with one attached hydrogen (secondary N) is 3. The fourth-order valence-corrected chi connectivity index (χ4v) is 5.17. The Morgan fingerprint density at radius 3 is 2.38 bits per heavy atom. The van der Waals surface area contributed by atoms with Gasteiger partial charge >= 0.3 is 18.2 Å². The number of piperidine rings is 1. The van der Waals surface area contributed by atoms with Crippen molar-refractivity contribution in [2.75, 3.05) is 26.2 Å². The molecule has 0 bridgehead atoms. The van der Waals surface area contributed by atoms with Crippen molar-refractivity contribution in [2.24, 2.45) is 23.2 Å². The van der Waals surface area contributed by atoms with Crippen LogP contribution >= 0.6 is 0 Å². The summed E-state index contributed by atoms with van der Waals surface area (Å²) in [5.74, 6) is -9.66. The summed E-state index contributed by atoms with van der Waals surface area (Å²) >= 11 is 0. The van der Waals surface area contributed by atoms with Crippen LogP contribution in [0, 0.1) is 23.2 Å². The van der Waals surface area contributed by atoms with E-state index in [4.69, 9.17) is 0 Å². The Bertz CT molecular complexity index is 966. The standard InChI is InChI=1S/C22H29F5N4O6/c1-20(2)11-7-31(19(36)18(35)29-9-21(3,23)24)15(14(11)20)17(34)30-12(6-10-4-5-28-16(10)33)13(32)8-37-22(25,26)27/h10-12,14-15H,4-9H2,1-3H3,(H,28,33)(H,29,35)(H,30,34)/t10-,11-,12-,14-,15-/m0/s1. The van der Waals surface area contributed by atoms with E-state index in [0.717, 1.165) is 4.90 Å². The number of Topliss-reactive ketones (excluding diaryl/α,β-unsaturated/α-hetero) is 1. The minimum absolute atomic E-state index is 0.0225. The van der Waals surface area contributed by atoms with Gasteiger partial charge in [0.1, 0.15) is 12.6 Å². The van der Waals surface area contributed by atoms with Crippen molar-refractivity contribution in [3.63, 3.8) is 0 Å². The maximum Gasteiger partial charge on any atom is 0.522 e. The Kier molecular flexibility index (Phi) is 7.87. The molecule has 208 valence electrons. The number of likely N-dealkylation sites (tertiary alicyclic amines) is 1. The molecule has 37 heavy (non-hydrogen) atoms. The predicted molar refractivity (Wildman–Crippen MR) is 115 cm³/mol. The van der Waals surface area contributed by atoms with Crippen molar-refractivity contribution >= 4 is 29.4 Å². The molecule has 1 aliphatic carbocycles. The monoisotopic (exact) mass is 540 g/mol. The number of amides is 4. The van der Waals surface area contributed by atoms with Crippen LogP contribution < -0.4 is 16.0 Å². The number of rotatable bonds is 9. The van der Waals surface area contributed by atoms with E-state index < -0.39 is 84.2 Å². The zero-order valence-corrected chi connectivity index (χ0v) is 20.4. The molecular formula is C22H29F5N4O6. The number of fused-ring (bicyclic) bond motifs is 1. The average Bonchev–Trinajstić information content (AvgIpc) is 3.13. The van der Waals surface area contributed by atoms with E-state index in [2.05, 4.69) is 15.4 Å². The minimum atomic E-state index is -5.10. The number of halogens is 5. The van der Waals surface area contributed by atoms with Crippen LogP contribution in [0.15, 0.2) is 0 Å². The van der Waals surface area contributed by atoms with Crippen LogP contribution in [0.5, 0.6) is 0 Å². The summed E-state index contributed by atoms with van der Waals surface area (Å²) in [5, 5.41) is 6.71. The van der Waals surface area contributed by atoms with Crippen LogP contribution in [-0.4, -0.2) is 84.9 Å². The number of hydrogen-bond donors (Lipinski definition) is 3. The first-order valence-corrected chi connectivity index (χ1v) is 11.7. The number of alkyl halides is 5. The Hall–Kier alpha value is -2.84. The molecule has 10 nitrogen and oxygen atoms in total. The topological polar surface area (TPSA) is 134 Å². The lowest BCUT2D eigenvalue weighted by molar-refractivity contribution is -0.321. The average molecular weight is 540 g/mol. The Balaban J connectivity index is 1.76. The quantitative estimate of drug-likeness (QED) is 0.286. The highest BCUT2D eigenvalue weighted by atomic mass is 19.4. The van der Waals surface area contributed by atoms with E-state index in [1.54, 1.807) is 0 Å². The Morgan fingerprint density at radius 1 is 1.19 bits per heavy atom. The van der Waals surface area contributed by atoms with Crippen LogP contribution in [0.2, 0.25) is 0 Å². The van der Waals surface area contributed by atoms with Gasteiger partial charge in [-0.25, -0.2) is 8.78 Å². The second-order valence-corrected chi connectivity index (χ2v) is 10.4. The first kappa shape index (κ1) is 28.7. The summed E-state index contributed by atoms with van der Waals surface area (Å²) < 4.78 is 67.3. The zero-order chi connectivity index (χ0) is 27.9. The van der Waals surface area contributed by atoms with Crippen molar-refractivity contribution in [1.29, 1.82) is 0 Å². The highest BCUT2D eigenvalue weighted by Crippen LogP contribution is 2.64. The van der Waals surface area contributed by atoms with E-state index in [0.29, 0.717) is 19.9 Å². The smallest absolute Gasteiger partial charge is 0.356 e. The van der Waals surface area contributed by atoms with Gasteiger partial charge in [0.05, 0.1) is 12.6 Å². The molecule has 0 spiro atoms. The molecule has 3 N–H and O–H groups in total. The largest absolute Gasteiger partial charge is 0.522 e. The second-order valence-electron chi connectivity index (χ2n) is 10.4. The number of ketones is 1. The van der Waals surface area contributed by atoms with Crippen molar-refractivity contribution in [3.05, 3.63) is 0 Å². The Morgan fingerprint density at radius 2 is 1.84 bits per heavy atom. The lowest BCUT2D eigenvalue weighted by atomic mass is 9.95. The van der Waals surface area contributed by atoms with E-state index in [1.165, 1.54) is 0 Å². The molecule has 3 aliphatic rings. The normalized spacial score (nSPS) is 27.2. The highest BCUT2D eigenvalue weighted by Gasteiger charge is 2.69. The third kappa shape index (κ3) is 6.73. The third-order valence-corrected chi connectivity index (χ3v) is 7.26. The second kappa shape index (κ2) is 10.1. The summed E-state index contributed by atoms with van der Waals surface area (Å²) in [7, 11) is 0. The van der Waals surface area contributed by atoms with Crippen LogP contribution in [-0.2, 0) is 28.7 Å². The van der Waals surface area contributed by atoms with Crippen molar-refractivity contribution < 1.29 is 50.7 Å². The maximum absolute atomic E-state index is 13.3. The fourth-order valence-electron chi connectivity index (χ4n) is 5.17. The van der Waals surface area contributed by atoms with Crippen molar-refractivity contribution in [3.8, 4) is 0 Å². The molecule has 5 atom stereocenters.